The molecule has 0 aliphatic heterocycles. The van der Waals surface area contributed by atoms with Crippen molar-refractivity contribution < 1.29 is 4.79 Å². The highest BCUT2D eigenvalue weighted by Gasteiger charge is 2.68. The van der Waals surface area contributed by atoms with Crippen LogP contribution in [0.5, 0.6) is 0 Å². The van der Waals surface area contributed by atoms with Crippen LogP contribution in [-0.4, -0.2) is 16.0 Å². The molecule has 1 fully saturated rings. The quantitative estimate of drug-likeness (QED) is 0.514. The number of carbonyl (C=O) groups is 1. The van der Waals surface area contributed by atoms with Crippen molar-refractivity contribution in [3.8, 4) is 0 Å². The van der Waals surface area contributed by atoms with E-state index in [1.807, 2.05) is 18.2 Å². The lowest BCUT2D eigenvalue weighted by Crippen LogP contribution is -2.30. The van der Waals surface area contributed by atoms with Gasteiger partial charge in [-0.15, -0.1) is 23.2 Å². The molecule has 0 radical (unpaired) electrons. The maximum absolute atomic E-state index is 11.9. The van der Waals surface area contributed by atoms with Gasteiger partial charge in [0.15, 0.2) is 0 Å². The second-order valence-corrected chi connectivity index (χ2v) is 6.72. The Bertz CT molecular complexity index is 557. The molecule has 1 N–H and O–H groups in total. The minimum absolute atomic E-state index is 0.288. The van der Waals surface area contributed by atoms with E-state index in [9.17, 15) is 4.79 Å². The summed E-state index contributed by atoms with van der Waals surface area (Å²) in [4.78, 5) is 11.9. The molecule has 2 rings (SSSR count). The van der Waals surface area contributed by atoms with Gasteiger partial charge in [0, 0.05) is 10.6 Å². The molecule has 6 heteroatoms. The molecule has 1 aliphatic rings. The van der Waals surface area contributed by atoms with Crippen LogP contribution in [0, 0.1) is 5.41 Å². The number of hydrogen-bond acceptors (Lipinski definition) is 2. The van der Waals surface area contributed by atoms with E-state index in [0.29, 0.717) is 17.2 Å². The normalized spacial score (nSPS) is 25.0. The molecule has 1 atom stereocenters. The summed E-state index contributed by atoms with van der Waals surface area (Å²) in [6.45, 7) is 3.48. The number of alkyl halides is 2. The van der Waals surface area contributed by atoms with Gasteiger partial charge >= 0.3 is 0 Å². The molecule has 0 heterocycles. The number of benzene rings is 1. The van der Waals surface area contributed by atoms with Crippen LogP contribution < -0.4 is 5.43 Å². The van der Waals surface area contributed by atoms with E-state index in [0.717, 1.165) is 5.56 Å². The first kappa shape index (κ1) is 14.6. The number of carbonyl (C=O) groups excluding carboxylic acids is 1. The van der Waals surface area contributed by atoms with Gasteiger partial charge in [0.2, 0.25) is 5.91 Å². The van der Waals surface area contributed by atoms with Crippen LogP contribution in [0.25, 0.3) is 0 Å². The van der Waals surface area contributed by atoms with E-state index in [2.05, 4.69) is 10.5 Å². The fourth-order valence-electron chi connectivity index (χ4n) is 1.72. The Labute approximate surface area is 126 Å². The van der Waals surface area contributed by atoms with Gasteiger partial charge in [-0.2, -0.15) is 5.10 Å². The first-order valence-electron chi connectivity index (χ1n) is 5.75. The standard InChI is InChI=1S/C13H13Cl3N2O/c1-8(9-5-3-4-6-10(9)14)17-18-11(19)12(2)7-13(12,15)16/h3-6H,7H2,1-2H3,(H,18,19)/b17-8-/t12-/m1/s1. The number of hydrogen-bond donors (Lipinski definition) is 1. The monoisotopic (exact) mass is 318 g/mol. The summed E-state index contributed by atoms with van der Waals surface area (Å²) in [5.74, 6) is -0.288. The number of hydrazone groups is 1. The second-order valence-electron chi connectivity index (χ2n) is 4.83. The highest BCUT2D eigenvalue weighted by Crippen LogP contribution is 2.63. The van der Waals surface area contributed by atoms with Crippen LogP contribution in [0.1, 0.15) is 25.8 Å². The predicted octanol–water partition coefficient (Wildman–Crippen LogP) is 3.76. The lowest BCUT2D eigenvalue weighted by Gasteiger charge is -2.10. The van der Waals surface area contributed by atoms with Gasteiger partial charge in [0.25, 0.3) is 0 Å². The van der Waals surface area contributed by atoms with Crippen molar-refractivity contribution in [2.45, 2.75) is 24.6 Å². The summed E-state index contributed by atoms with van der Waals surface area (Å²) in [5, 5.41) is 4.63. The maximum Gasteiger partial charge on any atom is 0.249 e. The van der Waals surface area contributed by atoms with Crippen LogP contribution in [-0.2, 0) is 4.79 Å². The molecule has 1 aliphatic carbocycles. The van der Waals surface area contributed by atoms with Crippen LogP contribution in [0.2, 0.25) is 5.02 Å². The third-order valence-corrected chi connectivity index (χ3v) is 4.78. The molecule has 0 aromatic heterocycles. The van der Waals surface area contributed by atoms with E-state index in [4.69, 9.17) is 34.8 Å². The van der Waals surface area contributed by atoms with Crippen molar-refractivity contribution in [1.29, 1.82) is 0 Å². The van der Waals surface area contributed by atoms with E-state index in [1.54, 1.807) is 19.9 Å². The summed E-state index contributed by atoms with van der Waals surface area (Å²) >= 11 is 17.9. The van der Waals surface area contributed by atoms with E-state index in [-0.39, 0.29) is 5.91 Å². The molecule has 1 amide bonds. The minimum Gasteiger partial charge on any atom is -0.272 e. The molecule has 0 saturated heterocycles. The Balaban J connectivity index is 2.08. The van der Waals surface area contributed by atoms with Gasteiger partial charge in [-0.05, 0) is 26.3 Å². The highest BCUT2D eigenvalue weighted by molar-refractivity contribution is 6.53. The molecule has 3 nitrogen and oxygen atoms in total. The third kappa shape index (κ3) is 2.73. The first-order valence-corrected chi connectivity index (χ1v) is 6.89. The Morgan fingerprint density at radius 1 is 1.37 bits per heavy atom. The summed E-state index contributed by atoms with van der Waals surface area (Å²) in [6, 6.07) is 7.28. The summed E-state index contributed by atoms with van der Waals surface area (Å²) in [5.41, 5.74) is 3.11. The molecule has 0 bridgehead atoms. The van der Waals surface area contributed by atoms with E-state index >= 15 is 0 Å². The number of halogens is 3. The van der Waals surface area contributed by atoms with Crippen LogP contribution in [0.4, 0.5) is 0 Å². The summed E-state index contributed by atoms with van der Waals surface area (Å²) in [6.07, 6.45) is 0.426. The molecule has 0 unspecified atom stereocenters. The van der Waals surface area contributed by atoms with E-state index in [1.165, 1.54) is 0 Å². The Hall–Kier alpha value is -0.770. The Morgan fingerprint density at radius 2 is 1.95 bits per heavy atom. The number of amides is 1. The highest BCUT2D eigenvalue weighted by atomic mass is 35.5. The fourth-order valence-corrected chi connectivity index (χ4v) is 2.70. The largest absolute Gasteiger partial charge is 0.272 e. The number of rotatable bonds is 3. The predicted molar refractivity (Wildman–Crippen MR) is 79.0 cm³/mol. The van der Waals surface area contributed by atoms with Gasteiger partial charge in [-0.25, -0.2) is 5.43 Å². The molecule has 19 heavy (non-hydrogen) atoms. The van der Waals surface area contributed by atoms with Gasteiger partial charge in [-0.3, -0.25) is 4.79 Å². The zero-order chi connectivity index (χ0) is 14.3. The minimum atomic E-state index is -0.995. The van der Waals surface area contributed by atoms with Crippen molar-refractivity contribution in [3.63, 3.8) is 0 Å². The first-order chi connectivity index (χ1) is 8.78. The lowest BCUT2D eigenvalue weighted by atomic mass is 10.1. The fraction of sp³-hybridized carbons (Fsp3) is 0.385. The SMILES string of the molecule is C/C(=N/NC(=O)[C@@]1(C)CC1(Cl)Cl)c1ccccc1Cl. The molecule has 0 spiro atoms. The summed E-state index contributed by atoms with van der Waals surface area (Å²) < 4.78 is -0.995. The van der Waals surface area contributed by atoms with Crippen molar-refractivity contribution in [1.82, 2.24) is 5.43 Å². The van der Waals surface area contributed by atoms with E-state index < -0.39 is 9.75 Å². The Kier molecular flexibility index (Phi) is 3.83. The average molecular weight is 320 g/mol. The van der Waals surface area contributed by atoms with Gasteiger partial charge in [0.1, 0.15) is 4.33 Å². The Morgan fingerprint density at radius 3 is 2.47 bits per heavy atom. The lowest BCUT2D eigenvalue weighted by molar-refractivity contribution is -0.125. The van der Waals surface area contributed by atoms with Crippen molar-refractivity contribution >= 4 is 46.4 Å². The molecular weight excluding hydrogens is 307 g/mol. The number of nitrogens with zero attached hydrogens (tertiary/aromatic N) is 1. The van der Waals surface area contributed by atoms with Crippen molar-refractivity contribution in [3.05, 3.63) is 34.9 Å². The second kappa shape index (κ2) is 4.97. The van der Waals surface area contributed by atoms with Gasteiger partial charge in [-0.1, -0.05) is 29.8 Å². The van der Waals surface area contributed by atoms with Crippen LogP contribution in [0.15, 0.2) is 29.4 Å². The van der Waals surface area contributed by atoms with Crippen LogP contribution >= 0.6 is 34.8 Å². The molecule has 102 valence electrons. The zero-order valence-electron chi connectivity index (χ0n) is 10.5. The average Bonchev–Trinajstić information content (AvgIpc) is 2.87. The molecular formula is C13H13Cl3N2O. The molecule has 1 aromatic rings. The van der Waals surface area contributed by atoms with Crippen molar-refractivity contribution in [2.24, 2.45) is 10.5 Å². The van der Waals surface area contributed by atoms with Gasteiger partial charge < -0.3 is 0 Å². The van der Waals surface area contributed by atoms with Gasteiger partial charge in [0.05, 0.1) is 11.1 Å². The summed E-state index contributed by atoms with van der Waals surface area (Å²) in [7, 11) is 0. The van der Waals surface area contributed by atoms with Crippen molar-refractivity contribution in [2.75, 3.05) is 0 Å². The smallest absolute Gasteiger partial charge is 0.249 e. The maximum atomic E-state index is 11.9. The topological polar surface area (TPSA) is 41.5 Å². The zero-order valence-corrected chi connectivity index (χ0v) is 12.8. The molecule has 1 aromatic carbocycles. The number of nitrogens with one attached hydrogen (secondary N) is 1. The molecule has 1 saturated carbocycles. The van der Waals surface area contributed by atoms with Crippen LogP contribution in [0.3, 0.4) is 0 Å². The third-order valence-electron chi connectivity index (χ3n) is 3.35.